The Hall–Kier alpha value is -2.97. The standard InChI is InChI=1S/C21H22N6OS/c1-28-14-2-3-17-18(9-14)29-21(26-17)15-8-13(10-24-20(15)22)16-11-25-27-19(16)12-4-6-23-7-5-12/h2-3,8-12,23H,4-7H2,1H3,(H2,22,24)(H,25,27). The zero-order valence-corrected chi connectivity index (χ0v) is 16.9. The summed E-state index contributed by atoms with van der Waals surface area (Å²) in [4.78, 5) is 9.23. The third kappa shape index (κ3) is 3.34. The van der Waals surface area contributed by atoms with E-state index in [4.69, 9.17) is 15.5 Å². The monoisotopic (exact) mass is 406 g/mol. The Kier molecular flexibility index (Phi) is 4.65. The van der Waals surface area contributed by atoms with E-state index in [0.29, 0.717) is 11.7 Å². The van der Waals surface area contributed by atoms with Gasteiger partial charge >= 0.3 is 0 Å². The molecule has 4 aromatic rings. The van der Waals surface area contributed by atoms with Gasteiger partial charge in [-0.25, -0.2) is 9.97 Å². The molecule has 0 radical (unpaired) electrons. The van der Waals surface area contributed by atoms with Gasteiger partial charge in [-0.2, -0.15) is 5.10 Å². The first-order valence-corrected chi connectivity index (χ1v) is 10.5. The van der Waals surface area contributed by atoms with E-state index in [1.807, 2.05) is 30.6 Å². The Balaban J connectivity index is 1.56. The van der Waals surface area contributed by atoms with Crippen LogP contribution in [0, 0.1) is 0 Å². The zero-order valence-electron chi connectivity index (χ0n) is 16.1. The predicted octanol–water partition coefficient (Wildman–Crippen LogP) is 3.81. The third-order valence-electron chi connectivity index (χ3n) is 5.45. The van der Waals surface area contributed by atoms with E-state index < -0.39 is 0 Å². The summed E-state index contributed by atoms with van der Waals surface area (Å²) in [5, 5.41) is 11.9. The van der Waals surface area contributed by atoms with Crippen molar-refractivity contribution in [2.45, 2.75) is 18.8 Å². The zero-order chi connectivity index (χ0) is 19.8. The summed E-state index contributed by atoms with van der Waals surface area (Å²) in [6.07, 6.45) is 5.96. The van der Waals surface area contributed by atoms with Crippen molar-refractivity contribution < 1.29 is 4.74 Å². The van der Waals surface area contributed by atoms with Gasteiger partial charge < -0.3 is 15.8 Å². The summed E-state index contributed by atoms with van der Waals surface area (Å²) >= 11 is 1.59. The highest BCUT2D eigenvalue weighted by Crippen LogP contribution is 2.38. The molecule has 0 aliphatic carbocycles. The summed E-state index contributed by atoms with van der Waals surface area (Å²) in [5.74, 6) is 1.75. The number of hydrogen-bond acceptors (Lipinski definition) is 7. The maximum Gasteiger partial charge on any atom is 0.133 e. The topological polar surface area (TPSA) is 102 Å². The van der Waals surface area contributed by atoms with E-state index in [1.165, 1.54) is 0 Å². The second-order valence-corrected chi connectivity index (χ2v) is 8.25. The molecule has 1 aliphatic heterocycles. The number of aromatic amines is 1. The normalized spacial score (nSPS) is 15.1. The number of benzene rings is 1. The van der Waals surface area contributed by atoms with Crippen LogP contribution in [0.3, 0.4) is 0 Å². The molecule has 5 rings (SSSR count). The van der Waals surface area contributed by atoms with Gasteiger partial charge in [-0.1, -0.05) is 0 Å². The van der Waals surface area contributed by atoms with Crippen molar-refractivity contribution >= 4 is 27.4 Å². The molecule has 4 heterocycles. The Morgan fingerprint density at radius 2 is 2.03 bits per heavy atom. The Labute approximate surface area is 172 Å². The van der Waals surface area contributed by atoms with Crippen LogP contribution in [0.2, 0.25) is 0 Å². The van der Waals surface area contributed by atoms with E-state index in [1.54, 1.807) is 18.4 Å². The number of pyridine rings is 1. The quantitative estimate of drug-likeness (QED) is 0.476. The number of methoxy groups -OCH3 is 1. The van der Waals surface area contributed by atoms with Crippen LogP contribution in [0.4, 0.5) is 5.82 Å². The van der Waals surface area contributed by atoms with E-state index in [2.05, 4.69) is 26.6 Å². The molecule has 0 amide bonds. The van der Waals surface area contributed by atoms with Crippen molar-refractivity contribution in [2.75, 3.05) is 25.9 Å². The molecule has 1 saturated heterocycles. The van der Waals surface area contributed by atoms with E-state index >= 15 is 0 Å². The molecular weight excluding hydrogens is 384 g/mol. The average molecular weight is 407 g/mol. The lowest BCUT2D eigenvalue weighted by Gasteiger charge is -2.22. The maximum absolute atomic E-state index is 6.23. The first kappa shape index (κ1) is 18.1. The lowest BCUT2D eigenvalue weighted by atomic mass is 9.90. The van der Waals surface area contributed by atoms with Gasteiger partial charge in [0.15, 0.2) is 0 Å². The van der Waals surface area contributed by atoms with Crippen LogP contribution < -0.4 is 15.8 Å². The molecule has 1 aromatic carbocycles. The molecule has 7 nitrogen and oxygen atoms in total. The third-order valence-corrected chi connectivity index (χ3v) is 6.50. The van der Waals surface area contributed by atoms with Gasteiger partial charge in [0.05, 0.1) is 28.6 Å². The highest BCUT2D eigenvalue weighted by Gasteiger charge is 2.22. The van der Waals surface area contributed by atoms with Crippen LogP contribution in [0.15, 0.2) is 36.7 Å². The van der Waals surface area contributed by atoms with Crippen LogP contribution in [0.5, 0.6) is 5.75 Å². The number of nitrogens with one attached hydrogen (secondary N) is 2. The van der Waals surface area contributed by atoms with Gasteiger partial charge in [0.25, 0.3) is 0 Å². The Bertz CT molecular complexity index is 1160. The number of ether oxygens (including phenoxy) is 1. The number of nitrogens with zero attached hydrogens (tertiary/aromatic N) is 3. The molecule has 0 bridgehead atoms. The second-order valence-electron chi connectivity index (χ2n) is 7.22. The van der Waals surface area contributed by atoms with Crippen LogP contribution in [0.1, 0.15) is 24.5 Å². The average Bonchev–Trinajstić information content (AvgIpc) is 3.41. The number of anilines is 1. The Morgan fingerprint density at radius 3 is 2.86 bits per heavy atom. The van der Waals surface area contributed by atoms with E-state index in [9.17, 15) is 0 Å². The fourth-order valence-electron chi connectivity index (χ4n) is 3.88. The van der Waals surface area contributed by atoms with Crippen molar-refractivity contribution in [2.24, 2.45) is 0 Å². The van der Waals surface area contributed by atoms with Crippen molar-refractivity contribution in [3.05, 3.63) is 42.4 Å². The van der Waals surface area contributed by atoms with E-state index in [-0.39, 0.29) is 0 Å². The maximum atomic E-state index is 6.23. The fourth-order valence-corrected chi connectivity index (χ4v) is 4.90. The number of hydrogen-bond donors (Lipinski definition) is 3. The minimum absolute atomic E-state index is 0.452. The lowest BCUT2D eigenvalue weighted by molar-refractivity contribution is 0.415. The molecule has 148 valence electrons. The van der Waals surface area contributed by atoms with Crippen LogP contribution >= 0.6 is 11.3 Å². The molecule has 1 fully saturated rings. The largest absolute Gasteiger partial charge is 0.497 e. The molecule has 8 heteroatoms. The summed E-state index contributed by atoms with van der Waals surface area (Å²) in [5.41, 5.74) is 11.2. The molecule has 0 unspecified atom stereocenters. The molecule has 29 heavy (non-hydrogen) atoms. The number of aromatic nitrogens is 4. The first-order valence-electron chi connectivity index (χ1n) is 9.68. The lowest BCUT2D eigenvalue weighted by Crippen LogP contribution is -2.27. The second kappa shape index (κ2) is 7.46. The number of H-pyrrole nitrogens is 1. The van der Waals surface area contributed by atoms with Crippen LogP contribution in [-0.2, 0) is 0 Å². The number of rotatable bonds is 4. The van der Waals surface area contributed by atoms with E-state index in [0.717, 1.165) is 69.3 Å². The smallest absolute Gasteiger partial charge is 0.133 e. The van der Waals surface area contributed by atoms with Crippen LogP contribution in [0.25, 0.3) is 31.9 Å². The highest BCUT2D eigenvalue weighted by molar-refractivity contribution is 7.21. The number of thiazole rings is 1. The van der Waals surface area contributed by atoms with Crippen molar-refractivity contribution in [3.8, 4) is 27.4 Å². The SMILES string of the molecule is COc1ccc2nc(-c3cc(-c4c[nH]nc4C4CCNCC4)cnc3N)sc2c1. The molecule has 3 aromatic heterocycles. The molecule has 1 aliphatic rings. The molecular formula is C21H22N6OS. The minimum atomic E-state index is 0.452. The van der Waals surface area contributed by atoms with Gasteiger partial charge in [-0.05, 0) is 50.2 Å². The number of nitrogen functional groups attached to an aromatic ring is 1. The van der Waals surface area contributed by atoms with Crippen LogP contribution in [-0.4, -0.2) is 40.4 Å². The van der Waals surface area contributed by atoms with Crippen molar-refractivity contribution in [1.82, 2.24) is 25.5 Å². The van der Waals surface area contributed by atoms with Crippen molar-refractivity contribution in [3.63, 3.8) is 0 Å². The predicted molar refractivity (Wildman–Crippen MR) is 116 cm³/mol. The minimum Gasteiger partial charge on any atom is -0.497 e. The summed E-state index contributed by atoms with van der Waals surface area (Å²) in [7, 11) is 1.67. The van der Waals surface area contributed by atoms with Gasteiger partial charge in [0.1, 0.15) is 16.6 Å². The summed E-state index contributed by atoms with van der Waals surface area (Å²) < 4.78 is 6.39. The van der Waals surface area contributed by atoms with Gasteiger partial charge in [0.2, 0.25) is 0 Å². The van der Waals surface area contributed by atoms with Crippen molar-refractivity contribution in [1.29, 1.82) is 0 Å². The van der Waals surface area contributed by atoms with Gasteiger partial charge in [0, 0.05) is 29.4 Å². The Morgan fingerprint density at radius 1 is 1.17 bits per heavy atom. The van der Waals surface area contributed by atoms with Gasteiger partial charge in [-0.3, -0.25) is 5.10 Å². The number of fused-ring (bicyclic) bond motifs is 1. The first-order chi connectivity index (χ1) is 14.2. The molecule has 0 saturated carbocycles. The summed E-state index contributed by atoms with van der Waals surface area (Å²) in [6.45, 7) is 2.05. The molecule has 4 N–H and O–H groups in total. The van der Waals surface area contributed by atoms with Gasteiger partial charge in [-0.15, -0.1) is 11.3 Å². The number of piperidine rings is 1. The highest BCUT2D eigenvalue weighted by atomic mass is 32.1. The molecule has 0 spiro atoms. The number of nitrogens with two attached hydrogens (primary N) is 1. The fraction of sp³-hybridized carbons (Fsp3) is 0.286. The molecule has 0 atom stereocenters. The summed E-state index contributed by atoms with van der Waals surface area (Å²) in [6, 6.07) is 7.95.